The minimum absolute atomic E-state index is 0.0212. The Hall–Kier alpha value is -3.74. The quantitative estimate of drug-likeness (QED) is 0.696. The molecule has 1 aromatic heterocycles. The van der Waals surface area contributed by atoms with E-state index in [0.717, 1.165) is 5.56 Å². The largest absolute Gasteiger partial charge is 0.476 e. The highest BCUT2D eigenvalue weighted by Crippen LogP contribution is 2.25. The Labute approximate surface area is 153 Å². The molecule has 0 fully saturated rings. The summed E-state index contributed by atoms with van der Waals surface area (Å²) in [5.41, 5.74) is 0.794. The molecular weight excluding hydrogens is 351 g/mol. The molecule has 3 aromatic rings. The fourth-order valence-electron chi connectivity index (χ4n) is 2.49. The highest BCUT2D eigenvalue weighted by molar-refractivity contribution is 6.01. The standard InChI is InChI=1S/C20H15FN2O4/c1-2-13-9-16-14(8-15(13)21)10-17(18(22-16)19(24)25)23-20(26)27-11-12-6-4-3-5-7-12/h2-10H,1,11H2,(H,23,26)(H,24,25). The lowest BCUT2D eigenvalue weighted by atomic mass is 10.1. The first-order valence-electron chi connectivity index (χ1n) is 7.95. The van der Waals surface area contributed by atoms with E-state index in [2.05, 4.69) is 16.9 Å². The molecule has 0 spiro atoms. The fraction of sp³-hybridized carbons (Fsp3) is 0.0500. The molecule has 0 aliphatic rings. The lowest BCUT2D eigenvalue weighted by Gasteiger charge is -2.11. The van der Waals surface area contributed by atoms with Gasteiger partial charge in [0.15, 0.2) is 5.69 Å². The first-order chi connectivity index (χ1) is 13.0. The molecule has 6 nitrogen and oxygen atoms in total. The van der Waals surface area contributed by atoms with Crippen LogP contribution < -0.4 is 5.32 Å². The number of fused-ring (bicyclic) bond motifs is 1. The third-order valence-electron chi connectivity index (χ3n) is 3.81. The van der Waals surface area contributed by atoms with Crippen molar-refractivity contribution >= 4 is 34.7 Å². The summed E-state index contributed by atoms with van der Waals surface area (Å²) in [6.45, 7) is 3.52. The SMILES string of the molecule is C=Cc1cc2nc(C(=O)O)c(NC(=O)OCc3ccccc3)cc2cc1F. The summed E-state index contributed by atoms with van der Waals surface area (Å²) in [4.78, 5) is 27.5. The number of carbonyl (C=O) groups is 2. The van der Waals surface area contributed by atoms with Gasteiger partial charge in [0.05, 0.1) is 11.2 Å². The van der Waals surface area contributed by atoms with Gasteiger partial charge in [-0.3, -0.25) is 5.32 Å². The first-order valence-corrected chi connectivity index (χ1v) is 7.95. The van der Waals surface area contributed by atoms with Crippen LogP contribution in [0.1, 0.15) is 21.6 Å². The van der Waals surface area contributed by atoms with Crippen molar-refractivity contribution in [3.63, 3.8) is 0 Å². The van der Waals surface area contributed by atoms with Gasteiger partial charge in [0.1, 0.15) is 12.4 Å². The summed E-state index contributed by atoms with van der Waals surface area (Å²) in [5.74, 6) is -1.86. The number of anilines is 1. The van der Waals surface area contributed by atoms with Gasteiger partial charge < -0.3 is 9.84 Å². The van der Waals surface area contributed by atoms with Gasteiger partial charge in [-0.2, -0.15) is 0 Å². The second-order valence-corrected chi connectivity index (χ2v) is 5.65. The molecule has 0 aliphatic carbocycles. The molecule has 0 unspecified atom stereocenters. The third-order valence-corrected chi connectivity index (χ3v) is 3.81. The number of halogens is 1. The van der Waals surface area contributed by atoms with Crippen LogP contribution in [0.15, 0.2) is 55.1 Å². The number of pyridine rings is 1. The predicted octanol–water partition coefficient (Wildman–Crippen LogP) is 4.46. The van der Waals surface area contributed by atoms with Crippen LogP contribution in [0.25, 0.3) is 17.0 Å². The number of hydrogen-bond acceptors (Lipinski definition) is 4. The summed E-state index contributed by atoms with van der Waals surface area (Å²) in [7, 11) is 0. The van der Waals surface area contributed by atoms with Gasteiger partial charge in [0.25, 0.3) is 0 Å². The maximum atomic E-state index is 14.0. The van der Waals surface area contributed by atoms with Crippen LogP contribution in [0, 0.1) is 5.82 Å². The Morgan fingerprint density at radius 3 is 2.63 bits per heavy atom. The number of aromatic nitrogens is 1. The van der Waals surface area contributed by atoms with Crippen LogP contribution in [-0.2, 0) is 11.3 Å². The van der Waals surface area contributed by atoms with Crippen LogP contribution in [0.5, 0.6) is 0 Å². The molecule has 7 heteroatoms. The molecule has 0 saturated carbocycles. The monoisotopic (exact) mass is 366 g/mol. The molecule has 3 rings (SSSR count). The van der Waals surface area contributed by atoms with Gasteiger partial charge in [-0.1, -0.05) is 43.0 Å². The lowest BCUT2D eigenvalue weighted by molar-refractivity contribution is 0.0692. The van der Waals surface area contributed by atoms with E-state index in [9.17, 15) is 19.1 Å². The number of rotatable bonds is 5. The molecule has 0 atom stereocenters. The number of carboxylic acid groups (broad SMARTS) is 1. The number of benzene rings is 2. The third kappa shape index (κ3) is 4.09. The first kappa shape index (κ1) is 18.1. The van der Waals surface area contributed by atoms with E-state index in [1.54, 1.807) is 24.3 Å². The van der Waals surface area contributed by atoms with Crippen molar-refractivity contribution in [1.29, 1.82) is 0 Å². The van der Waals surface area contributed by atoms with Crippen molar-refractivity contribution < 1.29 is 23.8 Å². The average molecular weight is 366 g/mol. The van der Waals surface area contributed by atoms with Crippen LogP contribution in [0.3, 0.4) is 0 Å². The molecule has 0 aliphatic heterocycles. The second kappa shape index (κ2) is 7.65. The van der Waals surface area contributed by atoms with E-state index in [1.807, 2.05) is 6.07 Å². The van der Waals surface area contributed by atoms with Crippen LogP contribution >= 0.6 is 0 Å². The number of ether oxygens (including phenoxy) is 1. The van der Waals surface area contributed by atoms with Crippen LogP contribution in [0.2, 0.25) is 0 Å². The van der Waals surface area contributed by atoms with E-state index in [-0.39, 0.29) is 29.1 Å². The molecule has 27 heavy (non-hydrogen) atoms. The van der Waals surface area contributed by atoms with E-state index < -0.39 is 17.9 Å². The van der Waals surface area contributed by atoms with Gasteiger partial charge >= 0.3 is 12.1 Å². The van der Waals surface area contributed by atoms with E-state index in [0.29, 0.717) is 5.39 Å². The van der Waals surface area contributed by atoms with Gasteiger partial charge in [-0.15, -0.1) is 0 Å². The summed E-state index contributed by atoms with van der Waals surface area (Å²) in [6, 6.07) is 12.9. The number of aromatic carboxylic acids is 1. The maximum Gasteiger partial charge on any atom is 0.412 e. The second-order valence-electron chi connectivity index (χ2n) is 5.65. The van der Waals surface area contributed by atoms with Crippen molar-refractivity contribution in [1.82, 2.24) is 4.98 Å². The molecule has 0 radical (unpaired) electrons. The fourth-order valence-corrected chi connectivity index (χ4v) is 2.49. The van der Waals surface area contributed by atoms with Crippen LogP contribution in [-0.4, -0.2) is 22.2 Å². The Kier molecular flexibility index (Phi) is 5.12. The number of carboxylic acids is 1. The van der Waals surface area contributed by atoms with Crippen molar-refractivity contribution in [3.8, 4) is 0 Å². The number of carbonyl (C=O) groups excluding carboxylic acids is 1. The van der Waals surface area contributed by atoms with Crippen molar-refractivity contribution in [2.24, 2.45) is 0 Å². The lowest BCUT2D eigenvalue weighted by Crippen LogP contribution is -2.17. The Morgan fingerprint density at radius 1 is 1.22 bits per heavy atom. The molecule has 2 aromatic carbocycles. The van der Waals surface area contributed by atoms with E-state index in [4.69, 9.17) is 4.74 Å². The smallest absolute Gasteiger partial charge is 0.412 e. The average Bonchev–Trinajstić information content (AvgIpc) is 2.66. The maximum absolute atomic E-state index is 14.0. The highest BCUT2D eigenvalue weighted by atomic mass is 19.1. The summed E-state index contributed by atoms with van der Waals surface area (Å²) in [6.07, 6.45) is 0.468. The highest BCUT2D eigenvalue weighted by Gasteiger charge is 2.17. The van der Waals surface area contributed by atoms with Gasteiger partial charge in [0, 0.05) is 10.9 Å². The minimum Gasteiger partial charge on any atom is -0.476 e. The van der Waals surface area contributed by atoms with Gasteiger partial charge in [-0.05, 0) is 23.8 Å². The summed E-state index contributed by atoms with van der Waals surface area (Å²) >= 11 is 0. The molecule has 0 bridgehead atoms. The summed E-state index contributed by atoms with van der Waals surface area (Å²) < 4.78 is 19.0. The van der Waals surface area contributed by atoms with Gasteiger partial charge in [-0.25, -0.2) is 19.0 Å². The van der Waals surface area contributed by atoms with Crippen LogP contribution in [0.4, 0.5) is 14.9 Å². The minimum atomic E-state index is -1.33. The number of nitrogens with one attached hydrogen (secondary N) is 1. The number of amides is 1. The topological polar surface area (TPSA) is 88.5 Å². The Balaban J connectivity index is 1.87. The Morgan fingerprint density at radius 2 is 1.96 bits per heavy atom. The number of hydrogen-bond donors (Lipinski definition) is 2. The molecule has 0 saturated heterocycles. The molecule has 1 heterocycles. The zero-order valence-electron chi connectivity index (χ0n) is 14.1. The summed E-state index contributed by atoms with van der Waals surface area (Å²) in [5, 5.41) is 12.1. The molecular formula is C20H15FN2O4. The predicted molar refractivity (Wildman–Crippen MR) is 99.0 cm³/mol. The zero-order chi connectivity index (χ0) is 19.4. The molecule has 1 amide bonds. The van der Waals surface area contributed by atoms with Gasteiger partial charge in [0.2, 0.25) is 0 Å². The van der Waals surface area contributed by atoms with Crippen molar-refractivity contribution in [2.75, 3.05) is 5.32 Å². The van der Waals surface area contributed by atoms with E-state index in [1.165, 1.54) is 24.3 Å². The molecule has 136 valence electrons. The Bertz CT molecular complexity index is 1040. The molecule has 2 N–H and O–H groups in total. The van der Waals surface area contributed by atoms with Crippen molar-refractivity contribution in [2.45, 2.75) is 6.61 Å². The normalized spacial score (nSPS) is 10.4. The zero-order valence-corrected chi connectivity index (χ0v) is 14.1. The number of nitrogens with zero attached hydrogens (tertiary/aromatic N) is 1. The van der Waals surface area contributed by atoms with Crippen molar-refractivity contribution in [3.05, 3.63) is 77.7 Å². The van der Waals surface area contributed by atoms with E-state index >= 15 is 0 Å².